The minimum Gasteiger partial charge on any atom is -0.352 e. The number of aryl methyl sites for hydroxylation is 2. The van der Waals surface area contributed by atoms with Gasteiger partial charge in [0.15, 0.2) is 0 Å². The number of hydrogen-bond donors (Lipinski definition) is 1. The van der Waals surface area contributed by atoms with Crippen LogP contribution in [0, 0.1) is 5.82 Å². The molecular formula is C28H27FN4O2. The standard InChI is InChI=1S/C28H27FN4O2/c29-22-12-3-2-11-21(22)28(35)30-17-7-16-26-31-23-13-4-6-15-25(23)33(26)19-27(34)32-18-8-10-20-9-1-5-14-24(20)32/h1-6,9,11-15H,7-8,10,16-19H2,(H,30,35). The monoisotopic (exact) mass is 470 g/mol. The van der Waals surface area contributed by atoms with Crippen LogP contribution in [-0.2, 0) is 24.2 Å². The molecule has 35 heavy (non-hydrogen) atoms. The third kappa shape index (κ3) is 4.80. The number of hydrogen-bond acceptors (Lipinski definition) is 3. The van der Waals surface area contributed by atoms with Crippen LogP contribution in [0.5, 0.6) is 0 Å². The minimum atomic E-state index is -0.537. The summed E-state index contributed by atoms with van der Waals surface area (Å²) >= 11 is 0. The summed E-state index contributed by atoms with van der Waals surface area (Å²) < 4.78 is 15.8. The first-order valence-corrected chi connectivity index (χ1v) is 12.0. The summed E-state index contributed by atoms with van der Waals surface area (Å²) in [6.45, 7) is 1.29. The Bertz CT molecular complexity index is 1380. The van der Waals surface area contributed by atoms with Crippen molar-refractivity contribution in [2.24, 2.45) is 0 Å². The van der Waals surface area contributed by atoms with Gasteiger partial charge in [-0.15, -0.1) is 0 Å². The fraction of sp³-hybridized carbons (Fsp3) is 0.250. The molecular weight excluding hydrogens is 443 g/mol. The van der Waals surface area contributed by atoms with Gasteiger partial charge < -0.3 is 14.8 Å². The lowest BCUT2D eigenvalue weighted by Gasteiger charge is -2.29. The second-order valence-electron chi connectivity index (χ2n) is 8.72. The van der Waals surface area contributed by atoms with Gasteiger partial charge in [0.25, 0.3) is 5.91 Å². The number of anilines is 1. The average molecular weight is 471 g/mol. The van der Waals surface area contributed by atoms with Gasteiger partial charge in [0.1, 0.15) is 18.2 Å². The molecule has 1 aromatic heterocycles. The molecule has 0 aliphatic carbocycles. The van der Waals surface area contributed by atoms with Gasteiger partial charge in [-0.05, 0) is 55.2 Å². The van der Waals surface area contributed by atoms with Crippen LogP contribution in [0.1, 0.15) is 34.6 Å². The van der Waals surface area contributed by atoms with Crippen molar-refractivity contribution in [3.8, 4) is 0 Å². The summed E-state index contributed by atoms with van der Waals surface area (Å²) in [7, 11) is 0. The molecule has 178 valence electrons. The van der Waals surface area contributed by atoms with Crippen molar-refractivity contribution in [1.82, 2.24) is 14.9 Å². The number of aromatic nitrogens is 2. The van der Waals surface area contributed by atoms with Gasteiger partial charge in [0.2, 0.25) is 5.91 Å². The highest BCUT2D eigenvalue weighted by molar-refractivity contribution is 5.95. The predicted molar refractivity (Wildman–Crippen MR) is 134 cm³/mol. The van der Waals surface area contributed by atoms with E-state index in [1.165, 1.54) is 17.7 Å². The topological polar surface area (TPSA) is 67.2 Å². The molecule has 1 N–H and O–H groups in total. The first-order valence-electron chi connectivity index (χ1n) is 12.0. The molecule has 1 aliphatic rings. The lowest BCUT2D eigenvalue weighted by molar-refractivity contribution is -0.119. The Morgan fingerprint density at radius 3 is 2.63 bits per heavy atom. The van der Waals surface area contributed by atoms with Crippen molar-refractivity contribution in [2.75, 3.05) is 18.0 Å². The predicted octanol–water partition coefficient (Wildman–Crippen LogP) is 4.52. The highest BCUT2D eigenvalue weighted by Gasteiger charge is 2.24. The van der Waals surface area contributed by atoms with E-state index in [2.05, 4.69) is 11.4 Å². The van der Waals surface area contributed by atoms with Crippen LogP contribution in [0.25, 0.3) is 11.0 Å². The average Bonchev–Trinajstić information content (AvgIpc) is 3.23. The molecule has 2 heterocycles. The number of carbonyl (C=O) groups is 2. The van der Waals surface area contributed by atoms with E-state index in [4.69, 9.17) is 4.98 Å². The van der Waals surface area contributed by atoms with E-state index in [1.54, 1.807) is 12.1 Å². The summed E-state index contributed by atoms with van der Waals surface area (Å²) in [5.41, 5.74) is 3.98. The molecule has 0 saturated carbocycles. The molecule has 0 spiro atoms. The Hall–Kier alpha value is -4.00. The van der Waals surface area contributed by atoms with Crippen LogP contribution in [0.4, 0.5) is 10.1 Å². The van der Waals surface area contributed by atoms with Crippen molar-refractivity contribution in [1.29, 1.82) is 0 Å². The Kier molecular flexibility index (Phi) is 6.57. The summed E-state index contributed by atoms with van der Waals surface area (Å²) in [6, 6.07) is 21.8. The summed E-state index contributed by atoms with van der Waals surface area (Å²) in [4.78, 5) is 32.3. The Morgan fingerprint density at radius 1 is 0.971 bits per heavy atom. The van der Waals surface area contributed by atoms with Crippen LogP contribution < -0.4 is 10.2 Å². The molecule has 0 atom stereocenters. The maximum atomic E-state index is 13.8. The van der Waals surface area contributed by atoms with E-state index >= 15 is 0 Å². The molecule has 3 aromatic carbocycles. The molecule has 6 nitrogen and oxygen atoms in total. The SMILES string of the molecule is O=C(NCCCc1nc2ccccc2n1CC(=O)N1CCCc2ccccc21)c1ccccc1F. The third-order valence-electron chi connectivity index (χ3n) is 6.42. The van der Waals surface area contributed by atoms with Gasteiger partial charge in [-0.2, -0.15) is 0 Å². The smallest absolute Gasteiger partial charge is 0.254 e. The van der Waals surface area contributed by atoms with E-state index in [1.807, 2.05) is 51.9 Å². The number of nitrogens with zero attached hydrogens (tertiary/aromatic N) is 3. The van der Waals surface area contributed by atoms with Crippen molar-refractivity contribution in [3.05, 3.63) is 95.6 Å². The molecule has 7 heteroatoms. The number of para-hydroxylation sites is 3. The third-order valence-corrected chi connectivity index (χ3v) is 6.42. The quantitative estimate of drug-likeness (QED) is 0.404. The fourth-order valence-corrected chi connectivity index (χ4v) is 4.69. The van der Waals surface area contributed by atoms with Crippen LogP contribution in [0.15, 0.2) is 72.8 Å². The van der Waals surface area contributed by atoms with Crippen molar-refractivity contribution >= 4 is 28.5 Å². The number of halogens is 1. The summed E-state index contributed by atoms with van der Waals surface area (Å²) in [5.74, 6) is -0.139. The number of rotatable bonds is 7. The summed E-state index contributed by atoms with van der Waals surface area (Å²) in [6.07, 6.45) is 3.13. The maximum absolute atomic E-state index is 13.8. The van der Waals surface area contributed by atoms with Crippen LogP contribution in [0.2, 0.25) is 0 Å². The highest BCUT2D eigenvalue weighted by atomic mass is 19.1. The lowest BCUT2D eigenvalue weighted by atomic mass is 10.0. The first kappa shape index (κ1) is 22.8. The molecule has 4 aromatic rings. The Balaban J connectivity index is 1.29. The minimum absolute atomic E-state index is 0.0344. The number of carbonyl (C=O) groups excluding carboxylic acids is 2. The van der Waals surface area contributed by atoms with E-state index in [0.717, 1.165) is 35.4 Å². The zero-order valence-corrected chi connectivity index (χ0v) is 19.4. The van der Waals surface area contributed by atoms with Gasteiger partial charge in [0.05, 0.1) is 16.6 Å². The number of fused-ring (bicyclic) bond motifs is 2. The largest absolute Gasteiger partial charge is 0.352 e. The normalized spacial score (nSPS) is 13.0. The van der Waals surface area contributed by atoms with E-state index in [9.17, 15) is 14.0 Å². The number of imidazole rings is 1. The molecule has 0 fully saturated rings. The van der Waals surface area contributed by atoms with E-state index in [0.29, 0.717) is 25.9 Å². The van der Waals surface area contributed by atoms with Crippen molar-refractivity contribution < 1.29 is 14.0 Å². The van der Waals surface area contributed by atoms with Crippen LogP contribution >= 0.6 is 0 Å². The number of benzene rings is 3. The molecule has 0 bridgehead atoms. The zero-order chi connectivity index (χ0) is 24.2. The molecule has 1 aliphatic heterocycles. The molecule has 2 amide bonds. The van der Waals surface area contributed by atoms with E-state index < -0.39 is 11.7 Å². The molecule has 0 saturated heterocycles. The van der Waals surface area contributed by atoms with Crippen molar-refractivity contribution in [2.45, 2.75) is 32.2 Å². The van der Waals surface area contributed by atoms with Crippen LogP contribution in [-0.4, -0.2) is 34.5 Å². The summed E-state index contributed by atoms with van der Waals surface area (Å²) in [5, 5.41) is 2.78. The van der Waals surface area contributed by atoms with Gasteiger partial charge in [-0.1, -0.05) is 42.5 Å². The molecule has 0 radical (unpaired) electrons. The Labute approximate surface area is 203 Å². The van der Waals surface area contributed by atoms with Gasteiger partial charge in [0, 0.05) is 25.2 Å². The van der Waals surface area contributed by atoms with Gasteiger partial charge in [-0.3, -0.25) is 9.59 Å². The molecule has 5 rings (SSSR count). The maximum Gasteiger partial charge on any atom is 0.254 e. The fourth-order valence-electron chi connectivity index (χ4n) is 4.69. The van der Waals surface area contributed by atoms with Crippen molar-refractivity contribution in [3.63, 3.8) is 0 Å². The van der Waals surface area contributed by atoms with Gasteiger partial charge >= 0.3 is 0 Å². The zero-order valence-electron chi connectivity index (χ0n) is 19.4. The number of nitrogens with one attached hydrogen (secondary N) is 1. The second kappa shape index (κ2) is 10.1. The highest BCUT2D eigenvalue weighted by Crippen LogP contribution is 2.27. The number of amides is 2. The van der Waals surface area contributed by atoms with Crippen LogP contribution in [0.3, 0.4) is 0 Å². The Morgan fingerprint density at radius 2 is 1.74 bits per heavy atom. The second-order valence-corrected chi connectivity index (χ2v) is 8.72. The van der Waals surface area contributed by atoms with E-state index in [-0.39, 0.29) is 18.0 Å². The van der Waals surface area contributed by atoms with Gasteiger partial charge in [-0.25, -0.2) is 9.37 Å². The first-order chi connectivity index (χ1) is 17.1. The molecule has 0 unspecified atom stereocenters. The lowest BCUT2D eigenvalue weighted by Crippen LogP contribution is -2.38.